The summed E-state index contributed by atoms with van der Waals surface area (Å²) in [4.78, 5) is 14.1. The van der Waals surface area contributed by atoms with Crippen LogP contribution in [0.25, 0.3) is 0 Å². The molecule has 1 fully saturated rings. The van der Waals surface area contributed by atoms with Crippen molar-refractivity contribution in [2.24, 2.45) is 0 Å². The maximum absolute atomic E-state index is 12.3. The second-order valence-corrected chi connectivity index (χ2v) is 5.16. The molecular weight excluding hydrogens is 240 g/mol. The average molecular weight is 262 g/mol. The van der Waals surface area contributed by atoms with Crippen LogP contribution in [0.1, 0.15) is 30.1 Å². The second kappa shape index (κ2) is 6.17. The first-order valence-electron chi connectivity index (χ1n) is 6.92. The molecule has 0 spiro atoms. The highest BCUT2D eigenvalue weighted by atomic mass is 16.3. The van der Waals surface area contributed by atoms with Gasteiger partial charge in [-0.25, -0.2) is 0 Å². The normalized spacial score (nSPS) is 18.3. The van der Waals surface area contributed by atoms with Crippen LogP contribution in [-0.2, 0) is 0 Å². The summed E-state index contributed by atoms with van der Waals surface area (Å²) in [6, 6.07) is 9.32. The lowest BCUT2D eigenvalue weighted by Crippen LogP contribution is -2.51. The van der Waals surface area contributed by atoms with Crippen molar-refractivity contribution in [2.75, 3.05) is 26.2 Å². The molecule has 1 aromatic rings. The highest BCUT2D eigenvalue weighted by Gasteiger charge is 2.33. The Morgan fingerprint density at radius 1 is 1.32 bits per heavy atom. The quantitative estimate of drug-likeness (QED) is 0.859. The predicted molar refractivity (Wildman–Crippen MR) is 75.1 cm³/mol. The summed E-state index contributed by atoms with van der Waals surface area (Å²) < 4.78 is 0. The van der Waals surface area contributed by atoms with Gasteiger partial charge in [-0.15, -0.1) is 0 Å². The van der Waals surface area contributed by atoms with Crippen LogP contribution < -0.4 is 5.32 Å². The fourth-order valence-electron chi connectivity index (χ4n) is 2.42. The number of benzene rings is 1. The Labute approximate surface area is 114 Å². The third-order valence-electron chi connectivity index (χ3n) is 3.71. The minimum Gasteiger partial charge on any atom is -0.388 e. The number of nitrogens with one attached hydrogen (secondary N) is 1. The molecule has 0 bridgehead atoms. The van der Waals surface area contributed by atoms with Crippen molar-refractivity contribution in [2.45, 2.75) is 25.4 Å². The Bertz CT molecular complexity index is 411. The minimum atomic E-state index is -0.663. The molecule has 1 aliphatic rings. The number of amides is 1. The van der Waals surface area contributed by atoms with Gasteiger partial charge in [0.05, 0.1) is 5.60 Å². The van der Waals surface area contributed by atoms with Crippen LogP contribution >= 0.6 is 0 Å². The lowest BCUT2D eigenvalue weighted by atomic mass is 9.91. The zero-order chi connectivity index (χ0) is 13.7. The van der Waals surface area contributed by atoms with E-state index in [0.29, 0.717) is 32.5 Å². The molecule has 0 unspecified atom stereocenters. The summed E-state index contributed by atoms with van der Waals surface area (Å²) in [5, 5.41) is 13.6. The molecule has 0 saturated carbocycles. The van der Waals surface area contributed by atoms with Crippen molar-refractivity contribution < 1.29 is 9.90 Å². The number of piperidine rings is 1. The largest absolute Gasteiger partial charge is 0.388 e. The Morgan fingerprint density at radius 3 is 2.53 bits per heavy atom. The van der Waals surface area contributed by atoms with Crippen molar-refractivity contribution in [3.63, 3.8) is 0 Å². The number of carbonyl (C=O) groups is 1. The molecule has 0 aliphatic carbocycles. The Balaban J connectivity index is 1.91. The van der Waals surface area contributed by atoms with Crippen LogP contribution in [-0.4, -0.2) is 47.7 Å². The van der Waals surface area contributed by atoms with E-state index in [1.54, 1.807) is 0 Å². The van der Waals surface area contributed by atoms with Gasteiger partial charge in [0.2, 0.25) is 0 Å². The number of hydrogen-bond donors (Lipinski definition) is 2. The summed E-state index contributed by atoms with van der Waals surface area (Å²) >= 11 is 0. The van der Waals surface area contributed by atoms with Crippen LogP contribution in [0.5, 0.6) is 0 Å². The van der Waals surface area contributed by atoms with Gasteiger partial charge in [-0.1, -0.05) is 25.1 Å². The van der Waals surface area contributed by atoms with Crippen molar-refractivity contribution in [3.05, 3.63) is 35.9 Å². The number of carbonyl (C=O) groups excluding carboxylic acids is 1. The third-order valence-corrected chi connectivity index (χ3v) is 3.71. The smallest absolute Gasteiger partial charge is 0.253 e. The summed E-state index contributed by atoms with van der Waals surface area (Å²) in [5.41, 5.74) is 0.0587. The van der Waals surface area contributed by atoms with Gasteiger partial charge >= 0.3 is 0 Å². The van der Waals surface area contributed by atoms with Gasteiger partial charge in [0, 0.05) is 25.2 Å². The molecule has 0 aromatic heterocycles. The maximum Gasteiger partial charge on any atom is 0.253 e. The summed E-state index contributed by atoms with van der Waals surface area (Å²) in [7, 11) is 0. The van der Waals surface area contributed by atoms with Crippen molar-refractivity contribution >= 4 is 5.91 Å². The second-order valence-electron chi connectivity index (χ2n) is 5.16. The van der Waals surface area contributed by atoms with E-state index in [1.165, 1.54) is 0 Å². The standard InChI is InChI=1S/C15H22N2O2/c1-2-16-12-15(19)8-10-17(11-9-15)14(18)13-6-4-3-5-7-13/h3-7,16,19H,2,8-12H2,1H3. The van der Waals surface area contributed by atoms with E-state index in [9.17, 15) is 9.90 Å². The topological polar surface area (TPSA) is 52.6 Å². The Kier molecular flexibility index (Phi) is 4.56. The first-order chi connectivity index (χ1) is 9.14. The molecule has 4 heteroatoms. The maximum atomic E-state index is 12.3. The van der Waals surface area contributed by atoms with E-state index >= 15 is 0 Å². The van der Waals surface area contributed by atoms with Gasteiger partial charge in [-0.3, -0.25) is 4.79 Å². The first-order valence-corrected chi connectivity index (χ1v) is 6.92. The molecule has 19 heavy (non-hydrogen) atoms. The molecule has 1 aromatic carbocycles. The Morgan fingerprint density at radius 2 is 1.95 bits per heavy atom. The fraction of sp³-hybridized carbons (Fsp3) is 0.533. The summed E-state index contributed by atoms with van der Waals surface area (Å²) in [6.45, 7) is 4.73. The van der Waals surface area contributed by atoms with Gasteiger partial charge in [-0.05, 0) is 31.5 Å². The van der Waals surface area contributed by atoms with Gasteiger partial charge in [-0.2, -0.15) is 0 Å². The van der Waals surface area contributed by atoms with Crippen LogP contribution in [0.4, 0.5) is 0 Å². The molecule has 0 radical (unpaired) electrons. The molecule has 1 heterocycles. The van der Waals surface area contributed by atoms with E-state index in [1.807, 2.05) is 42.2 Å². The zero-order valence-electron chi connectivity index (χ0n) is 11.4. The first kappa shape index (κ1) is 14.0. The third kappa shape index (κ3) is 3.55. The molecule has 4 nitrogen and oxygen atoms in total. The van der Waals surface area contributed by atoms with Crippen molar-refractivity contribution in [1.29, 1.82) is 0 Å². The molecule has 1 amide bonds. The van der Waals surface area contributed by atoms with E-state index in [0.717, 1.165) is 12.1 Å². The van der Waals surface area contributed by atoms with Gasteiger partial charge < -0.3 is 15.3 Å². The zero-order valence-corrected chi connectivity index (χ0v) is 11.4. The van der Waals surface area contributed by atoms with E-state index < -0.39 is 5.60 Å². The van der Waals surface area contributed by atoms with Crippen LogP contribution in [0.15, 0.2) is 30.3 Å². The molecule has 2 rings (SSSR count). The van der Waals surface area contributed by atoms with Crippen LogP contribution in [0.3, 0.4) is 0 Å². The number of likely N-dealkylation sites (N-methyl/N-ethyl adjacent to an activating group) is 1. The van der Waals surface area contributed by atoms with Crippen molar-refractivity contribution in [1.82, 2.24) is 10.2 Å². The highest BCUT2D eigenvalue weighted by molar-refractivity contribution is 5.94. The van der Waals surface area contributed by atoms with E-state index in [2.05, 4.69) is 5.32 Å². The lowest BCUT2D eigenvalue weighted by molar-refractivity contribution is -0.0152. The molecule has 0 atom stereocenters. The molecule has 1 saturated heterocycles. The minimum absolute atomic E-state index is 0.0612. The number of hydrogen-bond acceptors (Lipinski definition) is 3. The SMILES string of the molecule is CCNCC1(O)CCN(C(=O)c2ccccc2)CC1. The number of likely N-dealkylation sites (tertiary alicyclic amines) is 1. The highest BCUT2D eigenvalue weighted by Crippen LogP contribution is 2.22. The van der Waals surface area contributed by atoms with Gasteiger partial charge in [0.15, 0.2) is 0 Å². The van der Waals surface area contributed by atoms with Gasteiger partial charge in [0.1, 0.15) is 0 Å². The molecule has 1 aliphatic heterocycles. The molecule has 104 valence electrons. The van der Waals surface area contributed by atoms with Crippen LogP contribution in [0.2, 0.25) is 0 Å². The van der Waals surface area contributed by atoms with Crippen molar-refractivity contribution in [3.8, 4) is 0 Å². The van der Waals surface area contributed by atoms with E-state index in [-0.39, 0.29) is 5.91 Å². The van der Waals surface area contributed by atoms with E-state index in [4.69, 9.17) is 0 Å². The average Bonchev–Trinajstić information content (AvgIpc) is 2.46. The fourth-order valence-corrected chi connectivity index (χ4v) is 2.42. The number of nitrogens with zero attached hydrogens (tertiary/aromatic N) is 1. The summed E-state index contributed by atoms with van der Waals surface area (Å²) in [5.74, 6) is 0.0612. The lowest BCUT2D eigenvalue weighted by Gasteiger charge is -2.38. The predicted octanol–water partition coefficient (Wildman–Crippen LogP) is 1.26. The molecular formula is C15H22N2O2. The Hall–Kier alpha value is -1.39. The monoisotopic (exact) mass is 262 g/mol. The van der Waals surface area contributed by atoms with Crippen LogP contribution in [0, 0.1) is 0 Å². The number of aliphatic hydroxyl groups is 1. The van der Waals surface area contributed by atoms with Gasteiger partial charge in [0.25, 0.3) is 5.91 Å². The molecule has 2 N–H and O–H groups in total. The summed E-state index contributed by atoms with van der Waals surface area (Å²) in [6.07, 6.45) is 1.27. The number of rotatable bonds is 4.